The Hall–Kier alpha value is -2.00. The van der Waals surface area contributed by atoms with E-state index in [-0.39, 0.29) is 0 Å². The van der Waals surface area contributed by atoms with E-state index in [2.05, 4.69) is 47.8 Å². The van der Waals surface area contributed by atoms with Crippen molar-refractivity contribution in [1.29, 1.82) is 0 Å². The maximum atomic E-state index is 5.75. The summed E-state index contributed by atoms with van der Waals surface area (Å²) in [4.78, 5) is 0. The first-order valence-electron chi connectivity index (χ1n) is 8.10. The summed E-state index contributed by atoms with van der Waals surface area (Å²) < 4.78 is 11.5. The van der Waals surface area contributed by atoms with Gasteiger partial charge in [0.2, 0.25) is 0 Å². The van der Waals surface area contributed by atoms with Gasteiger partial charge in [0.25, 0.3) is 0 Å². The summed E-state index contributed by atoms with van der Waals surface area (Å²) in [5, 5.41) is 3.66. The van der Waals surface area contributed by atoms with Crippen molar-refractivity contribution in [2.24, 2.45) is 0 Å². The lowest BCUT2D eigenvalue weighted by molar-refractivity contribution is 0.171. The van der Waals surface area contributed by atoms with Crippen molar-refractivity contribution in [2.45, 2.75) is 25.3 Å². The first-order chi connectivity index (χ1) is 10.9. The monoisotopic (exact) mass is 295 g/mol. The van der Waals surface area contributed by atoms with Gasteiger partial charge >= 0.3 is 0 Å². The van der Waals surface area contributed by atoms with Crippen LogP contribution in [0.2, 0.25) is 0 Å². The lowest BCUT2D eigenvalue weighted by Crippen LogP contribution is -2.30. The Bertz CT molecular complexity index is 654. The van der Waals surface area contributed by atoms with E-state index in [4.69, 9.17) is 9.47 Å². The fourth-order valence-electron chi connectivity index (χ4n) is 3.39. The van der Waals surface area contributed by atoms with Crippen molar-refractivity contribution < 1.29 is 9.47 Å². The molecule has 2 aliphatic heterocycles. The maximum absolute atomic E-state index is 5.75. The number of hydrogen-bond acceptors (Lipinski definition) is 3. The minimum Gasteiger partial charge on any atom is -0.486 e. The zero-order chi connectivity index (χ0) is 14.8. The van der Waals surface area contributed by atoms with Gasteiger partial charge in [0.15, 0.2) is 11.5 Å². The minimum absolute atomic E-state index is 0.403. The number of hydrogen-bond donors (Lipinski definition) is 1. The number of rotatable bonds is 3. The Morgan fingerprint density at radius 1 is 1.00 bits per heavy atom. The highest BCUT2D eigenvalue weighted by Crippen LogP contribution is 2.38. The smallest absolute Gasteiger partial charge is 0.161 e. The maximum Gasteiger partial charge on any atom is 0.161 e. The van der Waals surface area contributed by atoms with E-state index in [0.717, 1.165) is 37.3 Å². The molecule has 0 saturated carbocycles. The highest BCUT2D eigenvalue weighted by molar-refractivity contribution is 5.50. The molecule has 3 nitrogen and oxygen atoms in total. The molecule has 1 unspecified atom stereocenters. The second kappa shape index (κ2) is 6.01. The molecule has 22 heavy (non-hydrogen) atoms. The second-order valence-corrected chi connectivity index (χ2v) is 5.98. The summed E-state index contributed by atoms with van der Waals surface area (Å²) in [7, 11) is 0. The van der Waals surface area contributed by atoms with Crippen molar-refractivity contribution in [3.8, 4) is 11.5 Å². The quantitative estimate of drug-likeness (QED) is 0.942. The van der Waals surface area contributed by atoms with Crippen molar-refractivity contribution in [3.05, 3.63) is 59.2 Å². The molecule has 2 heterocycles. The predicted octanol–water partition coefficient (Wildman–Crippen LogP) is 3.28. The molecule has 0 spiro atoms. The number of nitrogens with one attached hydrogen (secondary N) is 1. The third-order valence-electron chi connectivity index (χ3n) is 4.53. The third-order valence-corrected chi connectivity index (χ3v) is 4.53. The largest absolute Gasteiger partial charge is 0.486 e. The highest BCUT2D eigenvalue weighted by atomic mass is 16.6. The van der Waals surface area contributed by atoms with Crippen LogP contribution >= 0.6 is 0 Å². The normalized spacial score (nSPS) is 19.5. The van der Waals surface area contributed by atoms with E-state index in [0.29, 0.717) is 19.3 Å². The van der Waals surface area contributed by atoms with Crippen molar-refractivity contribution >= 4 is 0 Å². The van der Waals surface area contributed by atoms with Crippen LogP contribution in [0.25, 0.3) is 0 Å². The summed E-state index contributed by atoms with van der Waals surface area (Å²) in [6.07, 6.45) is 3.26. The van der Waals surface area contributed by atoms with Crippen molar-refractivity contribution in [3.63, 3.8) is 0 Å². The van der Waals surface area contributed by atoms with Crippen LogP contribution < -0.4 is 14.8 Å². The molecule has 2 aliphatic rings. The van der Waals surface area contributed by atoms with Gasteiger partial charge in [-0.1, -0.05) is 30.3 Å². The molecule has 3 heteroatoms. The van der Waals surface area contributed by atoms with E-state index in [9.17, 15) is 0 Å². The average Bonchev–Trinajstić information content (AvgIpc) is 2.59. The van der Waals surface area contributed by atoms with E-state index < -0.39 is 0 Å². The van der Waals surface area contributed by atoms with Gasteiger partial charge in [0.1, 0.15) is 13.2 Å². The van der Waals surface area contributed by atoms with Crippen LogP contribution in [0, 0.1) is 0 Å². The zero-order valence-corrected chi connectivity index (χ0v) is 12.7. The van der Waals surface area contributed by atoms with Gasteiger partial charge < -0.3 is 14.8 Å². The van der Waals surface area contributed by atoms with Gasteiger partial charge in [-0.15, -0.1) is 0 Å². The lowest BCUT2D eigenvalue weighted by atomic mass is 9.90. The molecule has 114 valence electrons. The summed E-state index contributed by atoms with van der Waals surface area (Å²) in [6, 6.07) is 15.5. The highest BCUT2D eigenvalue weighted by Gasteiger charge is 2.23. The van der Waals surface area contributed by atoms with E-state index in [1.54, 1.807) is 0 Å². The molecular formula is C19H21NO2. The Morgan fingerprint density at radius 3 is 2.59 bits per heavy atom. The van der Waals surface area contributed by atoms with Gasteiger partial charge in [-0.2, -0.15) is 0 Å². The molecular weight excluding hydrogens is 274 g/mol. The van der Waals surface area contributed by atoms with Gasteiger partial charge in [-0.05, 0) is 54.6 Å². The number of ether oxygens (including phenoxy) is 2. The van der Waals surface area contributed by atoms with Crippen molar-refractivity contribution in [1.82, 2.24) is 5.32 Å². The third kappa shape index (κ3) is 2.69. The molecule has 1 N–H and O–H groups in total. The Kier molecular flexibility index (Phi) is 3.73. The molecule has 0 radical (unpaired) electrons. The molecule has 0 fully saturated rings. The topological polar surface area (TPSA) is 30.5 Å². The number of benzene rings is 2. The van der Waals surface area contributed by atoms with Gasteiger partial charge in [0, 0.05) is 6.04 Å². The average molecular weight is 295 g/mol. The van der Waals surface area contributed by atoms with E-state index in [1.807, 2.05) is 0 Å². The van der Waals surface area contributed by atoms with Gasteiger partial charge in [0.05, 0.1) is 0 Å². The predicted molar refractivity (Wildman–Crippen MR) is 86.6 cm³/mol. The molecule has 0 aliphatic carbocycles. The first kappa shape index (κ1) is 13.6. The van der Waals surface area contributed by atoms with Gasteiger partial charge in [-0.3, -0.25) is 0 Å². The molecule has 2 aromatic carbocycles. The number of fused-ring (bicyclic) bond motifs is 2. The standard InChI is InChI=1S/C19H21NO2/c1-2-4-14(5-3-1)6-7-17-16-13-19-18(21-10-11-22-19)12-15(16)8-9-20-17/h1-5,12-13,17,20H,6-11H2. The van der Waals surface area contributed by atoms with Crippen LogP contribution in [-0.2, 0) is 12.8 Å². The summed E-state index contributed by atoms with van der Waals surface area (Å²) in [5.41, 5.74) is 4.18. The van der Waals surface area contributed by atoms with Crippen LogP contribution in [0.3, 0.4) is 0 Å². The second-order valence-electron chi connectivity index (χ2n) is 5.98. The minimum atomic E-state index is 0.403. The van der Waals surface area contributed by atoms with Crippen LogP contribution in [0.15, 0.2) is 42.5 Å². The van der Waals surface area contributed by atoms with E-state index in [1.165, 1.54) is 16.7 Å². The molecule has 0 amide bonds. The molecule has 0 saturated heterocycles. The Morgan fingerprint density at radius 2 is 1.77 bits per heavy atom. The molecule has 2 aromatic rings. The number of aryl methyl sites for hydroxylation is 1. The first-order valence-corrected chi connectivity index (χ1v) is 8.10. The summed E-state index contributed by atoms with van der Waals surface area (Å²) >= 11 is 0. The van der Waals surface area contributed by atoms with E-state index >= 15 is 0 Å². The fourth-order valence-corrected chi connectivity index (χ4v) is 3.39. The van der Waals surface area contributed by atoms with Crippen LogP contribution in [0.5, 0.6) is 11.5 Å². The zero-order valence-electron chi connectivity index (χ0n) is 12.7. The lowest BCUT2D eigenvalue weighted by Gasteiger charge is -2.29. The Balaban J connectivity index is 1.56. The Labute approximate surface area is 131 Å². The fraction of sp³-hybridized carbons (Fsp3) is 0.368. The van der Waals surface area contributed by atoms with Gasteiger partial charge in [-0.25, -0.2) is 0 Å². The summed E-state index contributed by atoms with van der Waals surface area (Å²) in [5.74, 6) is 1.81. The van der Waals surface area contributed by atoms with Crippen molar-refractivity contribution in [2.75, 3.05) is 19.8 Å². The van der Waals surface area contributed by atoms with Crippen LogP contribution in [0.4, 0.5) is 0 Å². The van der Waals surface area contributed by atoms with Crippen LogP contribution in [0.1, 0.15) is 29.2 Å². The summed E-state index contributed by atoms with van der Waals surface area (Å²) in [6.45, 7) is 2.33. The molecule has 0 aromatic heterocycles. The molecule has 4 rings (SSSR count). The molecule has 0 bridgehead atoms. The molecule has 1 atom stereocenters. The SMILES string of the molecule is c1ccc(CCC2NCCc3cc4c(cc32)OCCO4)cc1. The van der Waals surface area contributed by atoms with Crippen LogP contribution in [-0.4, -0.2) is 19.8 Å².